The number of hydrogen-bond acceptors (Lipinski definition) is 4. The van der Waals surface area contributed by atoms with E-state index in [1.807, 2.05) is 21.9 Å². The van der Waals surface area contributed by atoms with Crippen molar-refractivity contribution in [2.75, 3.05) is 44.2 Å². The van der Waals surface area contributed by atoms with Gasteiger partial charge < -0.3 is 20.0 Å². The standard InChI is InChI=1S/C18H25N5O2/c24-17(16-12-14(5-6-19-16)21-8-1-2-9-21)22-10-3-4-15(13-22)23-11-7-20-18(23)25/h5-6,12,15H,1-4,7-11,13H2,(H,20,25). The van der Waals surface area contributed by atoms with E-state index in [-0.39, 0.29) is 18.0 Å². The van der Waals surface area contributed by atoms with Crippen molar-refractivity contribution >= 4 is 17.6 Å². The zero-order chi connectivity index (χ0) is 17.2. The lowest BCUT2D eigenvalue weighted by Crippen LogP contribution is -2.50. The minimum absolute atomic E-state index is 0.00606. The predicted octanol–water partition coefficient (Wildman–Crippen LogP) is 1.31. The van der Waals surface area contributed by atoms with Gasteiger partial charge in [0, 0.05) is 51.2 Å². The number of urea groups is 1. The summed E-state index contributed by atoms with van der Waals surface area (Å²) in [6.45, 7) is 4.86. The Hall–Kier alpha value is -2.31. The van der Waals surface area contributed by atoms with Crippen LogP contribution >= 0.6 is 0 Å². The molecular formula is C18H25N5O2. The maximum atomic E-state index is 12.9. The highest BCUT2D eigenvalue weighted by Gasteiger charge is 2.33. The monoisotopic (exact) mass is 343 g/mol. The first-order chi connectivity index (χ1) is 12.2. The third-order valence-corrected chi connectivity index (χ3v) is 5.45. The third-order valence-electron chi connectivity index (χ3n) is 5.45. The molecule has 1 N–H and O–H groups in total. The van der Waals surface area contributed by atoms with E-state index in [1.165, 1.54) is 12.8 Å². The van der Waals surface area contributed by atoms with Gasteiger partial charge in [0.1, 0.15) is 5.69 Å². The average molecular weight is 343 g/mol. The molecule has 25 heavy (non-hydrogen) atoms. The number of likely N-dealkylation sites (tertiary alicyclic amines) is 1. The zero-order valence-corrected chi connectivity index (χ0v) is 14.5. The summed E-state index contributed by atoms with van der Waals surface area (Å²) in [5, 5.41) is 2.85. The maximum Gasteiger partial charge on any atom is 0.317 e. The van der Waals surface area contributed by atoms with E-state index in [9.17, 15) is 9.59 Å². The molecule has 7 nitrogen and oxygen atoms in total. The number of piperidine rings is 1. The van der Waals surface area contributed by atoms with Crippen molar-refractivity contribution in [3.05, 3.63) is 24.0 Å². The van der Waals surface area contributed by atoms with Crippen LogP contribution in [0.3, 0.4) is 0 Å². The van der Waals surface area contributed by atoms with Crippen molar-refractivity contribution in [1.29, 1.82) is 0 Å². The van der Waals surface area contributed by atoms with Gasteiger partial charge in [-0.25, -0.2) is 4.79 Å². The lowest BCUT2D eigenvalue weighted by atomic mass is 10.0. The molecule has 1 unspecified atom stereocenters. The zero-order valence-electron chi connectivity index (χ0n) is 14.5. The van der Waals surface area contributed by atoms with Crippen LogP contribution < -0.4 is 10.2 Å². The summed E-state index contributed by atoms with van der Waals surface area (Å²) in [6, 6.07) is 4.01. The molecule has 1 atom stereocenters. The summed E-state index contributed by atoms with van der Waals surface area (Å²) in [6.07, 6.45) is 6.02. The number of aromatic nitrogens is 1. The molecule has 0 radical (unpaired) electrons. The summed E-state index contributed by atoms with van der Waals surface area (Å²) in [7, 11) is 0. The highest BCUT2D eigenvalue weighted by Crippen LogP contribution is 2.23. The van der Waals surface area contributed by atoms with Crippen LogP contribution in [0.4, 0.5) is 10.5 Å². The molecule has 4 rings (SSSR count). The molecule has 134 valence electrons. The molecule has 0 spiro atoms. The van der Waals surface area contributed by atoms with E-state index >= 15 is 0 Å². The molecule has 3 fully saturated rings. The first kappa shape index (κ1) is 16.2. The van der Waals surface area contributed by atoms with E-state index in [4.69, 9.17) is 0 Å². The van der Waals surface area contributed by atoms with Gasteiger partial charge >= 0.3 is 6.03 Å². The first-order valence-electron chi connectivity index (χ1n) is 9.27. The van der Waals surface area contributed by atoms with Crippen LogP contribution in [0.15, 0.2) is 18.3 Å². The number of pyridine rings is 1. The Bertz CT molecular complexity index is 659. The van der Waals surface area contributed by atoms with Crippen LogP contribution in [0.1, 0.15) is 36.2 Å². The Morgan fingerprint density at radius 2 is 2.00 bits per heavy atom. The van der Waals surface area contributed by atoms with Crippen LogP contribution in [0, 0.1) is 0 Å². The van der Waals surface area contributed by atoms with Crippen molar-refractivity contribution in [3.8, 4) is 0 Å². The smallest absolute Gasteiger partial charge is 0.317 e. The van der Waals surface area contributed by atoms with E-state index in [1.54, 1.807) is 6.20 Å². The number of hydrogen-bond donors (Lipinski definition) is 1. The molecule has 3 amide bonds. The van der Waals surface area contributed by atoms with Gasteiger partial charge in [-0.15, -0.1) is 0 Å². The van der Waals surface area contributed by atoms with Crippen LogP contribution in [0.5, 0.6) is 0 Å². The van der Waals surface area contributed by atoms with Crippen LogP contribution in [0.25, 0.3) is 0 Å². The molecular weight excluding hydrogens is 318 g/mol. The van der Waals surface area contributed by atoms with Gasteiger partial charge in [-0.05, 0) is 37.8 Å². The van der Waals surface area contributed by atoms with Gasteiger partial charge in [-0.2, -0.15) is 0 Å². The summed E-state index contributed by atoms with van der Waals surface area (Å²) in [4.78, 5) is 35.2. The number of amides is 3. The predicted molar refractivity (Wildman–Crippen MR) is 94.7 cm³/mol. The summed E-state index contributed by atoms with van der Waals surface area (Å²) < 4.78 is 0. The summed E-state index contributed by atoms with van der Waals surface area (Å²) in [5.74, 6) is -0.0228. The molecule has 7 heteroatoms. The van der Waals surface area contributed by atoms with Gasteiger partial charge in [0.2, 0.25) is 0 Å². The van der Waals surface area contributed by atoms with Gasteiger partial charge in [0.25, 0.3) is 5.91 Å². The van der Waals surface area contributed by atoms with Gasteiger partial charge in [0.15, 0.2) is 0 Å². The fourth-order valence-corrected chi connectivity index (χ4v) is 4.10. The Balaban J connectivity index is 1.46. The summed E-state index contributed by atoms with van der Waals surface area (Å²) in [5.41, 5.74) is 1.60. The second kappa shape index (κ2) is 6.90. The molecule has 3 aliphatic rings. The van der Waals surface area contributed by atoms with Crippen molar-refractivity contribution in [3.63, 3.8) is 0 Å². The van der Waals surface area contributed by atoms with Crippen molar-refractivity contribution in [1.82, 2.24) is 20.1 Å². The molecule has 3 saturated heterocycles. The second-order valence-corrected chi connectivity index (χ2v) is 7.07. The largest absolute Gasteiger partial charge is 0.371 e. The first-order valence-corrected chi connectivity index (χ1v) is 9.27. The normalized spacial score (nSPS) is 23.9. The molecule has 0 aliphatic carbocycles. The highest BCUT2D eigenvalue weighted by atomic mass is 16.2. The Morgan fingerprint density at radius 1 is 1.16 bits per heavy atom. The highest BCUT2D eigenvalue weighted by molar-refractivity contribution is 5.93. The van der Waals surface area contributed by atoms with E-state index in [2.05, 4.69) is 15.2 Å². The van der Waals surface area contributed by atoms with Gasteiger partial charge in [-0.1, -0.05) is 0 Å². The summed E-state index contributed by atoms with van der Waals surface area (Å²) >= 11 is 0. The number of nitrogens with one attached hydrogen (secondary N) is 1. The number of carbonyl (C=O) groups excluding carboxylic acids is 2. The fourth-order valence-electron chi connectivity index (χ4n) is 4.10. The van der Waals surface area contributed by atoms with Gasteiger partial charge in [0.05, 0.1) is 6.04 Å². The fraction of sp³-hybridized carbons (Fsp3) is 0.611. The minimum atomic E-state index is -0.0228. The van der Waals surface area contributed by atoms with Crippen LogP contribution in [-0.4, -0.2) is 72.0 Å². The van der Waals surface area contributed by atoms with E-state index < -0.39 is 0 Å². The Kier molecular flexibility index (Phi) is 4.46. The molecule has 4 heterocycles. The average Bonchev–Trinajstić information content (AvgIpc) is 3.33. The number of anilines is 1. The minimum Gasteiger partial charge on any atom is -0.371 e. The Labute approximate surface area is 148 Å². The number of rotatable bonds is 3. The van der Waals surface area contributed by atoms with Crippen LogP contribution in [0.2, 0.25) is 0 Å². The molecule has 0 bridgehead atoms. The van der Waals surface area contributed by atoms with Crippen molar-refractivity contribution in [2.45, 2.75) is 31.7 Å². The van der Waals surface area contributed by atoms with Crippen molar-refractivity contribution in [2.24, 2.45) is 0 Å². The molecule has 0 saturated carbocycles. The van der Waals surface area contributed by atoms with Crippen molar-refractivity contribution < 1.29 is 9.59 Å². The molecule has 3 aliphatic heterocycles. The van der Waals surface area contributed by atoms with Crippen LogP contribution in [-0.2, 0) is 0 Å². The SMILES string of the molecule is O=C(c1cc(N2CCCC2)ccn1)N1CCCC(N2CCNC2=O)C1. The van der Waals surface area contributed by atoms with E-state index in [0.29, 0.717) is 18.8 Å². The Morgan fingerprint density at radius 3 is 2.76 bits per heavy atom. The maximum absolute atomic E-state index is 12.9. The topological polar surface area (TPSA) is 68.8 Å². The lowest BCUT2D eigenvalue weighted by Gasteiger charge is -2.37. The third kappa shape index (κ3) is 3.27. The lowest BCUT2D eigenvalue weighted by molar-refractivity contribution is 0.0629. The quantitative estimate of drug-likeness (QED) is 0.898. The van der Waals surface area contributed by atoms with E-state index in [0.717, 1.165) is 44.7 Å². The molecule has 0 aromatic carbocycles. The molecule has 1 aromatic heterocycles. The second-order valence-electron chi connectivity index (χ2n) is 7.07. The van der Waals surface area contributed by atoms with Gasteiger partial charge in [-0.3, -0.25) is 9.78 Å². The molecule has 1 aromatic rings. The number of nitrogens with zero attached hydrogens (tertiary/aromatic N) is 4. The number of carbonyl (C=O) groups is 2.